The molecule has 0 spiro atoms. The second-order valence-electron chi connectivity index (χ2n) is 13.0. The van der Waals surface area contributed by atoms with Gasteiger partial charge in [0.05, 0.1) is 84.3 Å². The van der Waals surface area contributed by atoms with E-state index in [1.165, 1.54) is 0 Å². The summed E-state index contributed by atoms with van der Waals surface area (Å²) in [6, 6.07) is 0. The van der Waals surface area contributed by atoms with E-state index in [-0.39, 0.29) is 50.0 Å². The van der Waals surface area contributed by atoms with Gasteiger partial charge in [-0.05, 0) is 18.8 Å². The lowest BCUT2D eigenvalue weighted by atomic mass is 10.3. The molecule has 320 valence electrons. The van der Waals surface area contributed by atoms with Crippen molar-refractivity contribution in [1.29, 1.82) is 0 Å². The number of carbonyl (C=O) groups is 4. The minimum absolute atomic E-state index is 0.0616. The molecule has 1 heterocycles. The predicted molar refractivity (Wildman–Crippen MR) is 216 cm³/mol. The number of carbonyl (C=O) groups excluding carboxylic acids is 4. The van der Waals surface area contributed by atoms with E-state index in [0.29, 0.717) is 88.4 Å². The fourth-order valence-corrected chi connectivity index (χ4v) is 5.27. The Morgan fingerprint density at radius 1 is 0.804 bits per heavy atom. The van der Waals surface area contributed by atoms with E-state index in [1.54, 1.807) is 34.4 Å². The molecular formula is C35H63N9O10S2. The van der Waals surface area contributed by atoms with Crippen LogP contribution in [0.4, 0.5) is 0 Å². The van der Waals surface area contributed by atoms with Gasteiger partial charge in [0.1, 0.15) is 12.3 Å². The van der Waals surface area contributed by atoms with Gasteiger partial charge in [0.25, 0.3) is 5.91 Å². The molecule has 0 saturated carbocycles. The van der Waals surface area contributed by atoms with Crippen LogP contribution >= 0.6 is 23.5 Å². The number of amides is 4. The van der Waals surface area contributed by atoms with Crippen molar-refractivity contribution in [3.05, 3.63) is 24.4 Å². The molecule has 0 aliphatic rings. The van der Waals surface area contributed by atoms with Gasteiger partial charge in [0, 0.05) is 35.9 Å². The number of oxime groups is 1. The Morgan fingerprint density at radius 2 is 1.36 bits per heavy atom. The average Bonchev–Trinajstić information content (AvgIpc) is 3.61. The topological polar surface area (TPSA) is 227 Å². The fourth-order valence-electron chi connectivity index (χ4n) is 3.71. The van der Waals surface area contributed by atoms with Crippen molar-refractivity contribution in [3.63, 3.8) is 0 Å². The summed E-state index contributed by atoms with van der Waals surface area (Å²) >= 11 is 3.47. The molecule has 19 nitrogen and oxygen atoms in total. The van der Waals surface area contributed by atoms with Crippen LogP contribution in [0.5, 0.6) is 0 Å². The zero-order chi connectivity index (χ0) is 41.4. The fraction of sp³-hybridized carbons (Fsp3) is 0.743. The van der Waals surface area contributed by atoms with Crippen LogP contribution in [0.1, 0.15) is 47.2 Å². The molecule has 5 N–H and O–H groups in total. The first-order valence-corrected chi connectivity index (χ1v) is 20.6. The van der Waals surface area contributed by atoms with Crippen molar-refractivity contribution >= 4 is 52.9 Å². The third kappa shape index (κ3) is 30.6. The van der Waals surface area contributed by atoms with Crippen molar-refractivity contribution in [3.8, 4) is 0 Å². The summed E-state index contributed by atoms with van der Waals surface area (Å²) in [4.78, 5) is 53.6. The highest BCUT2D eigenvalue weighted by molar-refractivity contribution is 8.02. The molecule has 0 unspecified atom stereocenters. The molecule has 0 radical (unpaired) electrons. The summed E-state index contributed by atoms with van der Waals surface area (Å²) in [5, 5.41) is 25.5. The Labute approximate surface area is 339 Å². The van der Waals surface area contributed by atoms with Gasteiger partial charge >= 0.3 is 0 Å². The normalized spacial score (nSPS) is 11.6. The molecule has 1 aromatic rings. The molecule has 0 atom stereocenters. The number of ether oxygens (including phenoxy) is 5. The lowest BCUT2D eigenvalue weighted by Crippen LogP contribution is -2.45. The second-order valence-corrected chi connectivity index (χ2v) is 16.4. The molecule has 0 bridgehead atoms. The minimum atomic E-state index is -0.579. The molecule has 1 aromatic heterocycles. The zero-order valence-corrected chi connectivity index (χ0v) is 35.4. The van der Waals surface area contributed by atoms with Crippen LogP contribution in [0, 0.1) is 0 Å². The summed E-state index contributed by atoms with van der Waals surface area (Å²) in [6.07, 6.45) is 1.75. The van der Waals surface area contributed by atoms with Crippen molar-refractivity contribution in [2.24, 2.45) is 5.16 Å². The molecule has 0 aliphatic heterocycles. The Kier molecular flexibility index (Phi) is 28.3. The maximum Gasteiger partial charge on any atom is 0.261 e. The predicted octanol–water partition coefficient (Wildman–Crippen LogP) is 0.453. The summed E-state index contributed by atoms with van der Waals surface area (Å²) in [5.74, 6) is -0.449. The molecule has 4 amide bonds. The largest absolute Gasteiger partial charge is 0.473 e. The summed E-state index contributed by atoms with van der Waals surface area (Å²) in [7, 11) is 0. The first kappa shape index (κ1) is 50.4. The Morgan fingerprint density at radius 3 is 1.95 bits per heavy atom. The van der Waals surface area contributed by atoms with Gasteiger partial charge < -0.3 is 55.1 Å². The third-order valence-corrected chi connectivity index (χ3v) is 9.03. The number of nitrogens with zero attached hydrogens (tertiary/aromatic N) is 4. The van der Waals surface area contributed by atoms with Gasteiger partial charge in [0.15, 0.2) is 12.5 Å². The maximum atomic E-state index is 12.1. The third-order valence-electron chi connectivity index (χ3n) is 6.52. The molecule has 0 aromatic carbocycles. The molecule has 1 rings (SSSR count). The van der Waals surface area contributed by atoms with Crippen LogP contribution in [0.15, 0.2) is 23.8 Å². The molecule has 0 saturated heterocycles. The number of rotatable bonds is 34. The summed E-state index contributed by atoms with van der Waals surface area (Å²) in [6.45, 7) is 20.4. The Balaban J connectivity index is 2.09. The Hall–Kier alpha value is -3.63. The summed E-state index contributed by atoms with van der Waals surface area (Å²) in [5.41, 5.74) is 1.44. The first-order chi connectivity index (χ1) is 26.8. The van der Waals surface area contributed by atoms with Gasteiger partial charge in [-0.3, -0.25) is 19.2 Å². The number of hydrogen-bond acceptors (Lipinski definition) is 16. The van der Waals surface area contributed by atoms with E-state index < -0.39 is 23.6 Å². The monoisotopic (exact) mass is 833 g/mol. The van der Waals surface area contributed by atoms with E-state index >= 15 is 0 Å². The smallest absolute Gasteiger partial charge is 0.261 e. The van der Waals surface area contributed by atoms with E-state index in [9.17, 15) is 19.2 Å². The van der Waals surface area contributed by atoms with E-state index in [0.717, 1.165) is 5.71 Å². The SMILES string of the molecule is C=C(NCCNC(=O)CNC(=O)CNC(=O)CNC(=O)CO/N=C(\CSC(C)C)CSC(C)(C)C)OCc1cn(CCOCCOCCOCCOCC)nn1. The van der Waals surface area contributed by atoms with Gasteiger partial charge in [-0.1, -0.05) is 45.0 Å². The lowest BCUT2D eigenvalue weighted by Gasteiger charge is -2.18. The van der Waals surface area contributed by atoms with Crippen LogP contribution in [-0.4, -0.2) is 158 Å². The lowest BCUT2D eigenvalue weighted by molar-refractivity contribution is -0.130. The van der Waals surface area contributed by atoms with Crippen molar-refractivity contribution in [1.82, 2.24) is 41.6 Å². The maximum absolute atomic E-state index is 12.1. The van der Waals surface area contributed by atoms with Crippen molar-refractivity contribution < 1.29 is 47.7 Å². The average molecular weight is 834 g/mol. The number of nitrogens with one attached hydrogen (secondary N) is 5. The molecule has 0 aliphatic carbocycles. The highest BCUT2D eigenvalue weighted by Gasteiger charge is 2.14. The molecule has 56 heavy (non-hydrogen) atoms. The second kappa shape index (κ2) is 31.5. The minimum Gasteiger partial charge on any atom is -0.473 e. The van der Waals surface area contributed by atoms with E-state index in [2.05, 4.69) is 83.2 Å². The van der Waals surface area contributed by atoms with Gasteiger partial charge in [-0.15, -0.1) is 16.9 Å². The first-order valence-electron chi connectivity index (χ1n) is 18.5. The Bertz CT molecular complexity index is 1310. The van der Waals surface area contributed by atoms with Crippen LogP contribution in [0.25, 0.3) is 0 Å². The van der Waals surface area contributed by atoms with Crippen molar-refractivity contribution in [2.75, 3.05) is 104 Å². The highest BCUT2D eigenvalue weighted by Crippen LogP contribution is 2.24. The standard InChI is InChI=1S/C35H63N9O10S2/c1-8-49-13-14-51-17-18-52-16-15-50-12-11-44-22-29(41-43-44)23-53-28(4)36-9-10-37-31(45)19-38-32(46)20-39-33(47)21-40-34(48)24-54-42-30(25-55-27(2)3)26-56-35(5,6)7/h22,27,36H,4,8-21,23-26H2,1-3,5-7H3,(H,37,45)(H,38,46)(H,39,47)(H,40,48)/b42-30+. The number of thioether (sulfide) groups is 2. The van der Waals surface area contributed by atoms with Crippen molar-refractivity contribution in [2.45, 2.75) is 64.7 Å². The zero-order valence-electron chi connectivity index (χ0n) is 33.8. The van der Waals surface area contributed by atoms with E-state index in [4.69, 9.17) is 28.5 Å². The number of aromatic nitrogens is 3. The van der Waals surface area contributed by atoms with Crippen LogP contribution in [0.3, 0.4) is 0 Å². The van der Waals surface area contributed by atoms with Crippen LogP contribution < -0.4 is 26.6 Å². The van der Waals surface area contributed by atoms with Gasteiger partial charge in [0.2, 0.25) is 17.7 Å². The summed E-state index contributed by atoms with van der Waals surface area (Å²) < 4.78 is 28.8. The van der Waals surface area contributed by atoms with E-state index in [1.807, 2.05) is 6.92 Å². The molecular weight excluding hydrogens is 771 g/mol. The van der Waals surface area contributed by atoms with Crippen LogP contribution in [0.2, 0.25) is 0 Å². The number of hydrogen-bond donors (Lipinski definition) is 5. The van der Waals surface area contributed by atoms with Gasteiger partial charge in [-0.25, -0.2) is 4.68 Å². The highest BCUT2D eigenvalue weighted by atomic mass is 32.2. The quantitative estimate of drug-likeness (QED) is 0.0275. The van der Waals surface area contributed by atoms with Crippen LogP contribution in [-0.2, 0) is 60.9 Å². The van der Waals surface area contributed by atoms with Gasteiger partial charge in [-0.2, -0.15) is 11.8 Å². The molecule has 0 fully saturated rings. The molecule has 21 heteroatoms.